The first-order chi connectivity index (χ1) is 8.74. The summed E-state index contributed by atoms with van der Waals surface area (Å²) in [5, 5.41) is 4.06. The highest BCUT2D eigenvalue weighted by molar-refractivity contribution is 7.14. The number of aryl methyl sites for hydroxylation is 3. The van der Waals surface area contributed by atoms with Crippen LogP contribution in [0.3, 0.4) is 0 Å². The van der Waals surface area contributed by atoms with Crippen LogP contribution in [0.1, 0.15) is 44.9 Å². The average molecular weight is 260 g/mol. The smallest absolute Gasteiger partial charge is 0.206 e. The zero-order valence-electron chi connectivity index (χ0n) is 10.5. The van der Waals surface area contributed by atoms with E-state index in [1.165, 1.54) is 29.7 Å². The molecule has 4 heteroatoms. The van der Waals surface area contributed by atoms with E-state index in [9.17, 15) is 4.79 Å². The van der Waals surface area contributed by atoms with Gasteiger partial charge in [0.05, 0.1) is 16.6 Å². The van der Waals surface area contributed by atoms with Gasteiger partial charge in [-0.1, -0.05) is 6.42 Å². The van der Waals surface area contributed by atoms with Crippen molar-refractivity contribution in [3.05, 3.63) is 39.3 Å². The van der Waals surface area contributed by atoms with E-state index in [1.54, 1.807) is 28.4 Å². The van der Waals surface area contributed by atoms with Crippen molar-refractivity contribution in [2.75, 3.05) is 0 Å². The van der Waals surface area contributed by atoms with Crippen LogP contribution < -0.4 is 0 Å². The van der Waals surface area contributed by atoms with Gasteiger partial charge in [-0.15, -0.1) is 11.3 Å². The molecular formula is C14H16N2OS. The van der Waals surface area contributed by atoms with Gasteiger partial charge in [0.2, 0.25) is 5.78 Å². The number of thiophene rings is 1. The fraction of sp³-hybridized carbons (Fsp3) is 0.429. The molecule has 1 aliphatic carbocycles. The molecule has 18 heavy (non-hydrogen) atoms. The van der Waals surface area contributed by atoms with Crippen LogP contribution >= 0.6 is 11.3 Å². The third kappa shape index (κ3) is 2.12. The topological polar surface area (TPSA) is 34.9 Å². The van der Waals surface area contributed by atoms with E-state index in [0.29, 0.717) is 5.56 Å². The van der Waals surface area contributed by atoms with E-state index in [0.717, 1.165) is 17.7 Å². The summed E-state index contributed by atoms with van der Waals surface area (Å²) in [6.07, 6.45) is 9.53. The Morgan fingerprint density at radius 1 is 1.33 bits per heavy atom. The lowest BCUT2D eigenvalue weighted by Crippen LogP contribution is -1.96. The largest absolute Gasteiger partial charge is 0.288 e. The molecule has 3 nitrogen and oxygen atoms in total. The van der Waals surface area contributed by atoms with Crippen molar-refractivity contribution in [1.82, 2.24) is 9.78 Å². The summed E-state index contributed by atoms with van der Waals surface area (Å²) < 4.78 is 1.67. The minimum absolute atomic E-state index is 0.112. The Balaban J connectivity index is 1.91. The van der Waals surface area contributed by atoms with Crippen molar-refractivity contribution in [3.63, 3.8) is 0 Å². The molecule has 2 aromatic heterocycles. The Labute approximate surface area is 110 Å². The van der Waals surface area contributed by atoms with Gasteiger partial charge in [-0.25, -0.2) is 0 Å². The highest BCUT2D eigenvalue weighted by Gasteiger charge is 2.18. The van der Waals surface area contributed by atoms with Crippen LogP contribution in [0, 0.1) is 0 Å². The second kappa shape index (κ2) is 4.69. The van der Waals surface area contributed by atoms with E-state index in [2.05, 4.69) is 11.2 Å². The minimum Gasteiger partial charge on any atom is -0.288 e. The molecule has 2 heterocycles. The van der Waals surface area contributed by atoms with Crippen molar-refractivity contribution in [2.45, 2.75) is 32.1 Å². The summed E-state index contributed by atoms with van der Waals surface area (Å²) in [7, 11) is 1.83. The second-order valence-corrected chi connectivity index (χ2v) is 5.99. The second-order valence-electron chi connectivity index (χ2n) is 4.85. The van der Waals surface area contributed by atoms with Crippen LogP contribution in [0.4, 0.5) is 0 Å². The molecule has 94 valence electrons. The molecular weight excluding hydrogens is 244 g/mol. The molecule has 0 saturated carbocycles. The van der Waals surface area contributed by atoms with Gasteiger partial charge in [-0.05, 0) is 37.3 Å². The molecule has 0 radical (unpaired) electrons. The molecule has 0 amide bonds. The number of aromatic nitrogens is 2. The van der Waals surface area contributed by atoms with E-state index < -0.39 is 0 Å². The Hall–Kier alpha value is -1.42. The summed E-state index contributed by atoms with van der Waals surface area (Å²) in [6, 6.07) is 2.10. The lowest BCUT2D eigenvalue weighted by molar-refractivity contribution is 0.104. The van der Waals surface area contributed by atoms with Gasteiger partial charge >= 0.3 is 0 Å². The SMILES string of the molecule is Cn1cc(C(=O)c2cc3c(s2)CCCCC3)cn1. The molecule has 0 spiro atoms. The van der Waals surface area contributed by atoms with Gasteiger partial charge in [-0.2, -0.15) is 5.10 Å². The lowest BCUT2D eigenvalue weighted by Gasteiger charge is -1.93. The van der Waals surface area contributed by atoms with Crippen LogP contribution in [-0.2, 0) is 19.9 Å². The first kappa shape index (κ1) is 11.7. The maximum atomic E-state index is 12.3. The number of carbonyl (C=O) groups is 1. The number of hydrogen-bond donors (Lipinski definition) is 0. The van der Waals surface area contributed by atoms with Crippen LogP contribution in [0.15, 0.2) is 18.5 Å². The summed E-state index contributed by atoms with van der Waals surface area (Å²) in [4.78, 5) is 14.6. The molecule has 0 aliphatic heterocycles. The molecule has 1 aliphatic rings. The fourth-order valence-electron chi connectivity index (χ4n) is 2.46. The van der Waals surface area contributed by atoms with Crippen molar-refractivity contribution >= 4 is 17.1 Å². The van der Waals surface area contributed by atoms with Gasteiger partial charge in [0.25, 0.3) is 0 Å². The maximum Gasteiger partial charge on any atom is 0.206 e. The molecule has 0 bridgehead atoms. The van der Waals surface area contributed by atoms with Crippen molar-refractivity contribution in [1.29, 1.82) is 0 Å². The van der Waals surface area contributed by atoms with Crippen molar-refractivity contribution in [3.8, 4) is 0 Å². The summed E-state index contributed by atoms with van der Waals surface area (Å²) in [6.45, 7) is 0. The Morgan fingerprint density at radius 3 is 2.94 bits per heavy atom. The zero-order chi connectivity index (χ0) is 12.5. The molecule has 0 fully saturated rings. The standard InChI is InChI=1S/C14H16N2OS/c1-16-9-11(8-15-16)14(17)13-7-10-5-3-2-4-6-12(10)18-13/h7-9H,2-6H2,1H3. The normalized spacial score (nSPS) is 15.2. The first-order valence-electron chi connectivity index (χ1n) is 6.39. The van der Waals surface area contributed by atoms with Crippen molar-refractivity contribution in [2.24, 2.45) is 7.05 Å². The average Bonchev–Trinajstić information content (AvgIpc) is 2.90. The Kier molecular flexibility index (Phi) is 3.04. The number of rotatable bonds is 2. The van der Waals surface area contributed by atoms with E-state index in [4.69, 9.17) is 0 Å². The van der Waals surface area contributed by atoms with Crippen LogP contribution in [0.25, 0.3) is 0 Å². The number of hydrogen-bond acceptors (Lipinski definition) is 3. The predicted molar refractivity (Wildman–Crippen MR) is 72.2 cm³/mol. The minimum atomic E-state index is 0.112. The lowest BCUT2D eigenvalue weighted by atomic mass is 10.1. The van der Waals surface area contributed by atoms with E-state index in [-0.39, 0.29) is 5.78 Å². The van der Waals surface area contributed by atoms with Gasteiger partial charge < -0.3 is 0 Å². The third-order valence-electron chi connectivity index (χ3n) is 3.44. The predicted octanol–water partition coefficient (Wildman–Crippen LogP) is 2.98. The van der Waals surface area contributed by atoms with E-state index >= 15 is 0 Å². The summed E-state index contributed by atoms with van der Waals surface area (Å²) >= 11 is 1.67. The highest BCUT2D eigenvalue weighted by atomic mass is 32.1. The Morgan fingerprint density at radius 2 is 2.17 bits per heavy atom. The highest BCUT2D eigenvalue weighted by Crippen LogP contribution is 2.30. The molecule has 0 aromatic carbocycles. The molecule has 0 unspecified atom stereocenters. The third-order valence-corrected chi connectivity index (χ3v) is 4.67. The fourth-order valence-corrected chi connectivity index (χ4v) is 3.68. The number of nitrogens with zero attached hydrogens (tertiary/aromatic N) is 2. The number of carbonyl (C=O) groups excluding carboxylic acids is 1. The Bertz CT molecular complexity index is 559. The van der Waals surface area contributed by atoms with Gasteiger partial charge in [-0.3, -0.25) is 9.48 Å². The number of fused-ring (bicyclic) bond motifs is 1. The first-order valence-corrected chi connectivity index (χ1v) is 7.20. The zero-order valence-corrected chi connectivity index (χ0v) is 11.3. The molecule has 0 N–H and O–H groups in total. The summed E-state index contributed by atoms with van der Waals surface area (Å²) in [5.41, 5.74) is 2.08. The van der Waals surface area contributed by atoms with Gasteiger partial charge in [0.1, 0.15) is 0 Å². The maximum absolute atomic E-state index is 12.3. The molecule has 0 saturated heterocycles. The molecule has 2 aromatic rings. The molecule has 3 rings (SSSR count). The van der Waals surface area contributed by atoms with Crippen LogP contribution in [0.5, 0.6) is 0 Å². The van der Waals surface area contributed by atoms with Crippen LogP contribution in [0.2, 0.25) is 0 Å². The number of ketones is 1. The van der Waals surface area contributed by atoms with Gasteiger partial charge in [0.15, 0.2) is 0 Å². The monoisotopic (exact) mass is 260 g/mol. The summed E-state index contributed by atoms with van der Waals surface area (Å²) in [5.74, 6) is 0.112. The van der Waals surface area contributed by atoms with Crippen molar-refractivity contribution < 1.29 is 4.79 Å². The quantitative estimate of drug-likeness (QED) is 0.614. The molecule has 0 atom stereocenters. The van der Waals surface area contributed by atoms with Gasteiger partial charge in [0, 0.05) is 18.1 Å². The van der Waals surface area contributed by atoms with Crippen LogP contribution in [-0.4, -0.2) is 15.6 Å². The van der Waals surface area contributed by atoms with E-state index in [1.807, 2.05) is 7.05 Å².